The molecule has 4 heterocycles. The van der Waals surface area contributed by atoms with Crippen molar-refractivity contribution in [2.45, 2.75) is 42.8 Å². The monoisotopic (exact) mass is 548 g/mol. The van der Waals surface area contributed by atoms with Gasteiger partial charge in [0.05, 0.1) is 23.3 Å². The van der Waals surface area contributed by atoms with Crippen LogP contribution >= 0.6 is 23.1 Å². The molecule has 1 aliphatic carbocycles. The molecule has 194 valence electrons. The molecule has 3 aromatic carbocycles. The second-order valence-electron chi connectivity index (χ2n) is 10.8. The molecule has 0 saturated heterocycles. The number of hydrogen-bond donors (Lipinski definition) is 2. The number of rotatable bonds is 3. The Hall–Kier alpha value is -3.16. The van der Waals surface area contributed by atoms with Crippen LogP contribution in [0.5, 0.6) is 0 Å². The van der Waals surface area contributed by atoms with Gasteiger partial charge in [-0.3, -0.25) is 4.99 Å². The Balaban J connectivity index is 1.16. The van der Waals surface area contributed by atoms with Gasteiger partial charge in [0.2, 0.25) is 0 Å². The van der Waals surface area contributed by atoms with E-state index in [0.717, 1.165) is 29.7 Å². The molecule has 2 N–H and O–H groups in total. The lowest BCUT2D eigenvalue weighted by atomic mass is 9.93. The molecule has 1 saturated carbocycles. The number of hydrogen-bond acceptors (Lipinski definition) is 5. The fourth-order valence-corrected chi connectivity index (χ4v) is 9.26. The third-order valence-corrected chi connectivity index (χ3v) is 11.2. The number of aliphatic hydroxyl groups excluding tert-OH is 2. The number of aliphatic hydroxyl groups is 2. The second-order valence-corrected chi connectivity index (χ2v) is 13.1. The Kier molecular flexibility index (Phi) is 5.59. The highest BCUT2D eigenvalue weighted by Crippen LogP contribution is 2.50. The van der Waals surface area contributed by atoms with E-state index in [9.17, 15) is 10.2 Å². The van der Waals surface area contributed by atoms with Crippen LogP contribution in [0.3, 0.4) is 0 Å². The zero-order chi connectivity index (χ0) is 26.1. The molecule has 5 aromatic rings. The zero-order valence-corrected chi connectivity index (χ0v) is 22.9. The number of aliphatic imine (C=N–C) groups is 1. The van der Waals surface area contributed by atoms with Crippen LogP contribution < -0.4 is 0 Å². The van der Waals surface area contributed by atoms with E-state index in [1.54, 1.807) is 0 Å². The molecular formula is C33H28N2O2S2. The Labute approximate surface area is 235 Å². The summed E-state index contributed by atoms with van der Waals surface area (Å²) in [6.07, 6.45) is 7.58. The molecule has 5 atom stereocenters. The summed E-state index contributed by atoms with van der Waals surface area (Å²) < 4.78 is 2.44. The zero-order valence-electron chi connectivity index (χ0n) is 21.3. The van der Waals surface area contributed by atoms with E-state index in [2.05, 4.69) is 88.4 Å². The minimum absolute atomic E-state index is 0.0273. The SMILES string of the molecule is OC1/C(=C\C2=CCC(c3cc4c5ccccc5n(-c5cccc6ccccc56)c4s3)S2)C(O)C2N=CCCC12. The summed E-state index contributed by atoms with van der Waals surface area (Å²) in [4.78, 5) is 8.28. The molecule has 39 heavy (non-hydrogen) atoms. The molecule has 6 heteroatoms. The molecule has 8 rings (SSSR count). The summed E-state index contributed by atoms with van der Waals surface area (Å²) in [5.41, 5.74) is 3.18. The van der Waals surface area contributed by atoms with Gasteiger partial charge >= 0.3 is 0 Å². The first-order valence-electron chi connectivity index (χ1n) is 13.6. The Morgan fingerprint density at radius 1 is 0.897 bits per heavy atom. The second kappa shape index (κ2) is 9.20. The predicted octanol–water partition coefficient (Wildman–Crippen LogP) is 7.57. The number of allylic oxidation sites excluding steroid dienone is 2. The van der Waals surface area contributed by atoms with Crippen molar-refractivity contribution >= 4 is 61.2 Å². The summed E-state index contributed by atoms with van der Waals surface area (Å²) in [5, 5.41) is 27.2. The molecule has 2 aliphatic heterocycles. The van der Waals surface area contributed by atoms with E-state index in [1.165, 1.54) is 42.5 Å². The van der Waals surface area contributed by atoms with Gasteiger partial charge in [0.1, 0.15) is 10.9 Å². The average molecular weight is 549 g/mol. The van der Waals surface area contributed by atoms with Gasteiger partial charge in [-0.1, -0.05) is 60.7 Å². The van der Waals surface area contributed by atoms with Crippen molar-refractivity contribution in [3.63, 3.8) is 0 Å². The standard InChI is InChI=1S/C33H28N2O2S2/c36-31-23-11-6-16-34-30(23)32(37)25(31)17-20-14-15-28(38-20)29-18-24-22-10-3-4-12-27(22)35(33(24)39-29)26-13-5-8-19-7-1-2-9-21(19)26/h1-5,7-10,12-14,16-18,23,28,30-32,36-37H,6,11,15H2/b25-17+. The predicted molar refractivity (Wildman–Crippen MR) is 164 cm³/mol. The van der Waals surface area contributed by atoms with Gasteiger partial charge in [-0.25, -0.2) is 0 Å². The van der Waals surface area contributed by atoms with E-state index >= 15 is 0 Å². The lowest BCUT2D eigenvalue weighted by Gasteiger charge is -2.21. The van der Waals surface area contributed by atoms with Crippen LogP contribution in [-0.2, 0) is 0 Å². The summed E-state index contributed by atoms with van der Waals surface area (Å²) in [7, 11) is 0. The maximum Gasteiger partial charge on any atom is 0.108 e. The largest absolute Gasteiger partial charge is 0.388 e. The molecule has 1 fully saturated rings. The van der Waals surface area contributed by atoms with Crippen molar-refractivity contribution in [3.05, 3.63) is 100 Å². The third-order valence-electron chi connectivity index (χ3n) is 8.57. The van der Waals surface area contributed by atoms with Gasteiger partial charge < -0.3 is 14.8 Å². The van der Waals surface area contributed by atoms with Gasteiger partial charge in [0, 0.05) is 37.1 Å². The molecule has 0 spiro atoms. The minimum Gasteiger partial charge on any atom is -0.388 e. The quantitative estimate of drug-likeness (QED) is 0.244. The first kappa shape index (κ1) is 23.7. The normalized spacial score (nSPS) is 27.7. The van der Waals surface area contributed by atoms with Crippen molar-refractivity contribution in [1.82, 2.24) is 4.57 Å². The number of para-hydroxylation sites is 1. The van der Waals surface area contributed by atoms with Crippen LogP contribution in [0.2, 0.25) is 0 Å². The van der Waals surface area contributed by atoms with Crippen molar-refractivity contribution in [1.29, 1.82) is 0 Å². The van der Waals surface area contributed by atoms with E-state index < -0.39 is 12.2 Å². The molecule has 3 aliphatic rings. The highest BCUT2D eigenvalue weighted by Gasteiger charge is 2.46. The molecular weight excluding hydrogens is 521 g/mol. The number of thiophene rings is 1. The Morgan fingerprint density at radius 3 is 2.62 bits per heavy atom. The summed E-state index contributed by atoms with van der Waals surface area (Å²) in [5.74, 6) is 0.0273. The topological polar surface area (TPSA) is 57.8 Å². The lowest BCUT2D eigenvalue weighted by molar-refractivity contribution is 0.144. The fourth-order valence-electron chi connectivity index (χ4n) is 6.68. The molecule has 0 radical (unpaired) electrons. The number of fused-ring (bicyclic) bond motifs is 5. The maximum absolute atomic E-state index is 10.9. The van der Waals surface area contributed by atoms with E-state index in [-0.39, 0.29) is 12.0 Å². The smallest absolute Gasteiger partial charge is 0.108 e. The molecule has 4 nitrogen and oxygen atoms in total. The van der Waals surface area contributed by atoms with Gasteiger partial charge in [0.15, 0.2) is 0 Å². The number of aromatic nitrogens is 1. The first-order valence-corrected chi connectivity index (χ1v) is 15.3. The van der Waals surface area contributed by atoms with Crippen LogP contribution in [0.25, 0.3) is 37.6 Å². The van der Waals surface area contributed by atoms with Crippen molar-refractivity contribution in [2.24, 2.45) is 10.9 Å². The van der Waals surface area contributed by atoms with Gasteiger partial charge in [-0.15, -0.1) is 23.1 Å². The summed E-state index contributed by atoms with van der Waals surface area (Å²) in [6.45, 7) is 0. The van der Waals surface area contributed by atoms with Crippen LogP contribution in [0.1, 0.15) is 29.4 Å². The molecule has 0 bridgehead atoms. The lowest BCUT2D eigenvalue weighted by Crippen LogP contribution is -2.28. The van der Waals surface area contributed by atoms with Crippen molar-refractivity contribution < 1.29 is 10.2 Å². The highest BCUT2D eigenvalue weighted by atomic mass is 32.2. The van der Waals surface area contributed by atoms with E-state index in [4.69, 9.17) is 0 Å². The van der Waals surface area contributed by atoms with Crippen LogP contribution in [0.4, 0.5) is 0 Å². The summed E-state index contributed by atoms with van der Waals surface area (Å²) >= 11 is 3.72. The van der Waals surface area contributed by atoms with Crippen LogP contribution in [0.15, 0.2) is 100 Å². The first-order chi connectivity index (χ1) is 19.2. The average Bonchev–Trinajstić information content (AvgIpc) is 3.73. The van der Waals surface area contributed by atoms with Crippen LogP contribution in [0, 0.1) is 5.92 Å². The molecule has 5 unspecified atom stereocenters. The molecule has 0 amide bonds. The van der Waals surface area contributed by atoms with Gasteiger partial charge in [-0.05, 0) is 60.7 Å². The van der Waals surface area contributed by atoms with Gasteiger partial charge in [-0.2, -0.15) is 0 Å². The minimum atomic E-state index is -0.696. The third kappa shape index (κ3) is 3.70. The number of nitrogens with zero attached hydrogens (tertiary/aromatic N) is 2. The Bertz CT molecular complexity index is 1840. The number of thioether (sulfide) groups is 1. The summed E-state index contributed by atoms with van der Waals surface area (Å²) in [6, 6.07) is 26.0. The van der Waals surface area contributed by atoms with Crippen LogP contribution in [-0.4, -0.2) is 39.2 Å². The van der Waals surface area contributed by atoms with E-state index in [0.29, 0.717) is 5.25 Å². The molecule has 2 aromatic heterocycles. The number of benzene rings is 3. The highest BCUT2D eigenvalue weighted by molar-refractivity contribution is 8.03. The van der Waals surface area contributed by atoms with E-state index in [1.807, 2.05) is 35.4 Å². The van der Waals surface area contributed by atoms with Crippen molar-refractivity contribution in [2.75, 3.05) is 0 Å². The Morgan fingerprint density at radius 2 is 1.72 bits per heavy atom. The fraction of sp³-hybridized carbons (Fsp3) is 0.242. The van der Waals surface area contributed by atoms with Crippen molar-refractivity contribution in [3.8, 4) is 5.69 Å². The maximum atomic E-state index is 10.9. The van der Waals surface area contributed by atoms with Gasteiger partial charge in [0.25, 0.3) is 0 Å².